The van der Waals surface area contributed by atoms with E-state index in [2.05, 4.69) is 0 Å². The van der Waals surface area contributed by atoms with Crippen LogP contribution in [0.25, 0.3) is 10.8 Å². The third-order valence-electron chi connectivity index (χ3n) is 3.68. The minimum absolute atomic E-state index is 0.0602. The van der Waals surface area contributed by atoms with Crippen molar-refractivity contribution in [1.82, 2.24) is 4.57 Å². The average molecular weight is 329 g/mol. The number of fused-ring (bicyclic) bond motifs is 1. The number of nitrogens with zero attached hydrogens (tertiary/aromatic N) is 1. The van der Waals surface area contributed by atoms with Crippen LogP contribution in [0, 0.1) is 11.6 Å². The van der Waals surface area contributed by atoms with Crippen molar-refractivity contribution in [2.24, 2.45) is 7.05 Å². The number of esters is 1. The van der Waals surface area contributed by atoms with Gasteiger partial charge in [-0.3, -0.25) is 4.79 Å². The van der Waals surface area contributed by atoms with Crippen LogP contribution >= 0.6 is 0 Å². The molecule has 0 saturated heterocycles. The number of benzene rings is 2. The SMILES string of the molecule is Cn1ccc2cc(C(=O)OCc3ccccc3)c(F)c(F)c2c1=O. The topological polar surface area (TPSA) is 48.3 Å². The van der Waals surface area contributed by atoms with Gasteiger partial charge in [0.25, 0.3) is 5.56 Å². The summed E-state index contributed by atoms with van der Waals surface area (Å²) < 4.78 is 34.6. The number of hydrogen-bond donors (Lipinski definition) is 0. The van der Waals surface area contributed by atoms with Crippen LogP contribution in [0.5, 0.6) is 0 Å². The molecule has 0 saturated carbocycles. The van der Waals surface area contributed by atoms with Gasteiger partial charge in [-0.15, -0.1) is 0 Å². The van der Waals surface area contributed by atoms with Crippen molar-refractivity contribution in [3.8, 4) is 0 Å². The van der Waals surface area contributed by atoms with E-state index in [9.17, 15) is 18.4 Å². The molecule has 0 aliphatic heterocycles. The Balaban J connectivity index is 1.98. The summed E-state index contributed by atoms with van der Waals surface area (Å²) in [5.74, 6) is -3.72. The second kappa shape index (κ2) is 6.23. The minimum atomic E-state index is -1.39. The van der Waals surface area contributed by atoms with Crippen molar-refractivity contribution < 1.29 is 18.3 Å². The van der Waals surface area contributed by atoms with E-state index in [-0.39, 0.29) is 12.0 Å². The van der Waals surface area contributed by atoms with Crippen LogP contribution in [0.3, 0.4) is 0 Å². The highest BCUT2D eigenvalue weighted by Gasteiger charge is 2.22. The van der Waals surface area contributed by atoms with Crippen LogP contribution in [0.4, 0.5) is 8.78 Å². The van der Waals surface area contributed by atoms with E-state index in [1.807, 2.05) is 6.07 Å². The lowest BCUT2D eigenvalue weighted by Gasteiger charge is -2.09. The predicted octanol–water partition coefficient (Wildman–Crippen LogP) is 3.17. The van der Waals surface area contributed by atoms with Gasteiger partial charge in [-0.25, -0.2) is 13.6 Å². The summed E-state index contributed by atoms with van der Waals surface area (Å²) >= 11 is 0. The predicted molar refractivity (Wildman–Crippen MR) is 84.7 cm³/mol. The maximum Gasteiger partial charge on any atom is 0.341 e. The fourth-order valence-corrected chi connectivity index (χ4v) is 2.38. The van der Waals surface area contributed by atoms with Gasteiger partial charge in [0, 0.05) is 13.2 Å². The maximum absolute atomic E-state index is 14.2. The van der Waals surface area contributed by atoms with Gasteiger partial charge in [0.05, 0.1) is 10.9 Å². The highest BCUT2D eigenvalue weighted by Crippen LogP contribution is 2.22. The Kier molecular flexibility index (Phi) is 4.12. The van der Waals surface area contributed by atoms with Crippen LogP contribution in [-0.2, 0) is 18.4 Å². The molecule has 0 aliphatic rings. The summed E-state index contributed by atoms with van der Waals surface area (Å²) in [5, 5.41) is -0.249. The Morgan fingerprint density at radius 3 is 2.54 bits per heavy atom. The van der Waals surface area contributed by atoms with Crippen LogP contribution in [0.15, 0.2) is 53.5 Å². The van der Waals surface area contributed by atoms with Crippen LogP contribution < -0.4 is 5.56 Å². The lowest BCUT2D eigenvalue weighted by atomic mass is 10.1. The second-order valence-corrected chi connectivity index (χ2v) is 5.31. The molecule has 3 aromatic rings. The molecule has 2 aromatic carbocycles. The Morgan fingerprint density at radius 1 is 1.12 bits per heavy atom. The second-order valence-electron chi connectivity index (χ2n) is 5.31. The van der Waals surface area contributed by atoms with Gasteiger partial charge in [-0.2, -0.15) is 0 Å². The fourth-order valence-electron chi connectivity index (χ4n) is 2.38. The van der Waals surface area contributed by atoms with E-state index in [0.717, 1.165) is 16.2 Å². The van der Waals surface area contributed by atoms with E-state index < -0.39 is 34.1 Å². The van der Waals surface area contributed by atoms with E-state index in [0.29, 0.717) is 0 Å². The quantitative estimate of drug-likeness (QED) is 0.694. The smallest absolute Gasteiger partial charge is 0.341 e. The van der Waals surface area contributed by atoms with E-state index in [4.69, 9.17) is 4.74 Å². The Morgan fingerprint density at radius 2 is 1.83 bits per heavy atom. The van der Waals surface area contributed by atoms with E-state index >= 15 is 0 Å². The number of carbonyl (C=O) groups excluding carboxylic acids is 1. The molecule has 0 fully saturated rings. The third-order valence-corrected chi connectivity index (χ3v) is 3.68. The van der Waals surface area contributed by atoms with Crippen LogP contribution in [-0.4, -0.2) is 10.5 Å². The molecule has 0 aliphatic carbocycles. The number of hydrogen-bond acceptors (Lipinski definition) is 3. The van der Waals surface area contributed by atoms with Crippen molar-refractivity contribution in [2.45, 2.75) is 6.61 Å². The zero-order chi connectivity index (χ0) is 17.3. The highest BCUT2D eigenvalue weighted by atomic mass is 19.2. The van der Waals surface area contributed by atoms with Crippen molar-refractivity contribution >= 4 is 16.7 Å². The summed E-state index contributed by atoms with van der Waals surface area (Å²) in [4.78, 5) is 24.0. The number of ether oxygens (including phenoxy) is 1. The molecule has 6 heteroatoms. The number of carbonyl (C=O) groups is 1. The van der Waals surface area contributed by atoms with Gasteiger partial charge in [-0.1, -0.05) is 30.3 Å². The van der Waals surface area contributed by atoms with Gasteiger partial charge in [0.1, 0.15) is 6.61 Å². The van der Waals surface area contributed by atoms with Gasteiger partial charge in [0.2, 0.25) is 0 Å². The summed E-state index contributed by atoms with van der Waals surface area (Å²) in [6.07, 6.45) is 1.42. The number of aryl methyl sites for hydroxylation is 1. The van der Waals surface area contributed by atoms with Gasteiger partial charge >= 0.3 is 5.97 Å². The molecule has 1 heterocycles. The fraction of sp³-hybridized carbons (Fsp3) is 0.111. The molecule has 0 spiro atoms. The molecule has 24 heavy (non-hydrogen) atoms. The zero-order valence-electron chi connectivity index (χ0n) is 12.8. The molecule has 0 bridgehead atoms. The number of pyridine rings is 1. The van der Waals surface area contributed by atoms with Gasteiger partial charge in [0.15, 0.2) is 11.6 Å². The van der Waals surface area contributed by atoms with Crippen LogP contribution in [0.2, 0.25) is 0 Å². The molecular formula is C18H13F2NO3. The van der Waals surface area contributed by atoms with Crippen molar-refractivity contribution in [1.29, 1.82) is 0 Å². The zero-order valence-corrected chi connectivity index (χ0v) is 12.8. The average Bonchev–Trinajstić information content (AvgIpc) is 2.59. The highest BCUT2D eigenvalue weighted by molar-refractivity contribution is 5.95. The first-order valence-corrected chi connectivity index (χ1v) is 7.17. The first-order chi connectivity index (χ1) is 11.5. The van der Waals surface area contributed by atoms with Gasteiger partial charge in [-0.05, 0) is 23.1 Å². The molecular weight excluding hydrogens is 316 g/mol. The monoisotopic (exact) mass is 329 g/mol. The number of aromatic nitrogens is 1. The first-order valence-electron chi connectivity index (χ1n) is 7.17. The lowest BCUT2D eigenvalue weighted by molar-refractivity contribution is 0.0466. The summed E-state index contributed by atoms with van der Waals surface area (Å²) in [6.45, 7) is -0.0602. The van der Waals surface area contributed by atoms with Crippen molar-refractivity contribution in [3.05, 3.63) is 81.8 Å². The largest absolute Gasteiger partial charge is 0.457 e. The van der Waals surface area contributed by atoms with Gasteiger partial charge < -0.3 is 9.30 Å². The standard InChI is InChI=1S/C18H13F2NO3/c1-21-8-7-12-9-13(15(19)16(20)14(12)17(21)22)18(23)24-10-11-5-3-2-4-6-11/h2-9H,10H2,1H3. The molecule has 0 unspecified atom stereocenters. The first kappa shape index (κ1) is 15.9. The van der Waals surface area contributed by atoms with E-state index in [1.54, 1.807) is 24.3 Å². The minimum Gasteiger partial charge on any atom is -0.457 e. The Labute approximate surface area is 135 Å². The summed E-state index contributed by atoms with van der Waals surface area (Å²) in [5.41, 5.74) is -0.487. The summed E-state index contributed by atoms with van der Waals surface area (Å²) in [7, 11) is 1.43. The summed E-state index contributed by atoms with van der Waals surface area (Å²) in [6, 6.07) is 11.4. The molecule has 0 radical (unpaired) electrons. The molecule has 3 rings (SSSR count). The Hall–Kier alpha value is -3.02. The molecule has 1 aromatic heterocycles. The maximum atomic E-state index is 14.2. The third kappa shape index (κ3) is 2.78. The van der Waals surface area contributed by atoms with Crippen LogP contribution in [0.1, 0.15) is 15.9 Å². The van der Waals surface area contributed by atoms with Crippen molar-refractivity contribution in [2.75, 3.05) is 0 Å². The molecule has 0 N–H and O–H groups in total. The molecule has 122 valence electrons. The van der Waals surface area contributed by atoms with E-state index in [1.165, 1.54) is 19.3 Å². The molecule has 4 nitrogen and oxygen atoms in total. The molecule has 0 atom stereocenters. The molecule has 0 amide bonds. The van der Waals surface area contributed by atoms with Crippen molar-refractivity contribution in [3.63, 3.8) is 0 Å². The Bertz CT molecular complexity index is 981. The normalized spacial score (nSPS) is 10.8. The number of rotatable bonds is 3. The number of halogens is 2. The lowest BCUT2D eigenvalue weighted by Crippen LogP contribution is -2.18.